The summed E-state index contributed by atoms with van der Waals surface area (Å²) in [5.41, 5.74) is 6.39. The van der Waals surface area contributed by atoms with Crippen LogP contribution in [0.25, 0.3) is 0 Å². The second-order valence-corrected chi connectivity index (χ2v) is 4.26. The molecule has 1 saturated heterocycles. The van der Waals surface area contributed by atoms with E-state index in [9.17, 15) is 0 Å². The molecule has 2 rings (SSSR count). The van der Waals surface area contributed by atoms with Gasteiger partial charge in [-0.2, -0.15) is 0 Å². The van der Waals surface area contributed by atoms with Gasteiger partial charge in [-0.15, -0.1) is 0 Å². The third kappa shape index (κ3) is 4.24. The molecule has 1 fully saturated rings. The lowest BCUT2D eigenvalue weighted by Crippen LogP contribution is -2.29. The monoisotopic (exact) mass is 236 g/mol. The summed E-state index contributed by atoms with van der Waals surface area (Å²) < 4.78 is 11.1. The van der Waals surface area contributed by atoms with Crippen LogP contribution in [0.2, 0.25) is 0 Å². The molecule has 1 aromatic carbocycles. The van der Waals surface area contributed by atoms with Crippen molar-refractivity contribution in [3.63, 3.8) is 0 Å². The molecular weight excluding hydrogens is 216 g/mol. The van der Waals surface area contributed by atoms with Crippen molar-refractivity contribution in [1.29, 1.82) is 0 Å². The third-order valence-electron chi connectivity index (χ3n) is 2.80. The lowest BCUT2D eigenvalue weighted by molar-refractivity contribution is 0.109. The Balaban J connectivity index is 1.56. The van der Waals surface area contributed by atoms with Crippen LogP contribution in [0.1, 0.15) is 12.8 Å². The first-order valence-electron chi connectivity index (χ1n) is 6.15. The predicted octanol–water partition coefficient (Wildman–Crippen LogP) is 1.42. The predicted molar refractivity (Wildman–Crippen MR) is 68.2 cm³/mol. The first-order valence-corrected chi connectivity index (χ1v) is 6.15. The fourth-order valence-corrected chi connectivity index (χ4v) is 1.91. The second kappa shape index (κ2) is 6.47. The Morgan fingerprint density at radius 2 is 2.41 bits per heavy atom. The third-order valence-corrected chi connectivity index (χ3v) is 2.80. The smallest absolute Gasteiger partial charge is 0.121 e. The zero-order valence-electron chi connectivity index (χ0n) is 10.0. The van der Waals surface area contributed by atoms with Gasteiger partial charge in [0.2, 0.25) is 0 Å². The van der Waals surface area contributed by atoms with Crippen LogP contribution in [0.5, 0.6) is 5.75 Å². The van der Waals surface area contributed by atoms with E-state index in [2.05, 4.69) is 5.32 Å². The molecule has 1 aliphatic heterocycles. The molecule has 17 heavy (non-hydrogen) atoms. The summed E-state index contributed by atoms with van der Waals surface area (Å²) in [4.78, 5) is 0. The SMILES string of the molecule is Nc1cccc(OCCNCC2CCCO2)c1. The Morgan fingerprint density at radius 1 is 1.47 bits per heavy atom. The molecule has 1 atom stereocenters. The van der Waals surface area contributed by atoms with E-state index < -0.39 is 0 Å². The van der Waals surface area contributed by atoms with Crippen molar-refractivity contribution in [3.05, 3.63) is 24.3 Å². The summed E-state index contributed by atoms with van der Waals surface area (Å²) in [6, 6.07) is 7.49. The number of benzene rings is 1. The lowest BCUT2D eigenvalue weighted by Gasteiger charge is -2.11. The van der Waals surface area contributed by atoms with Crippen molar-refractivity contribution in [2.75, 3.05) is 32.0 Å². The number of hydrogen-bond acceptors (Lipinski definition) is 4. The van der Waals surface area contributed by atoms with Crippen LogP contribution in [0.3, 0.4) is 0 Å². The summed E-state index contributed by atoms with van der Waals surface area (Å²) in [7, 11) is 0. The van der Waals surface area contributed by atoms with E-state index in [1.165, 1.54) is 12.8 Å². The number of anilines is 1. The zero-order chi connectivity index (χ0) is 11.9. The van der Waals surface area contributed by atoms with Crippen molar-refractivity contribution in [2.45, 2.75) is 18.9 Å². The molecule has 1 heterocycles. The number of rotatable bonds is 6. The first-order chi connectivity index (χ1) is 8.34. The van der Waals surface area contributed by atoms with E-state index in [1.54, 1.807) is 0 Å². The van der Waals surface area contributed by atoms with Crippen LogP contribution in [-0.2, 0) is 4.74 Å². The molecule has 1 unspecified atom stereocenters. The average molecular weight is 236 g/mol. The van der Waals surface area contributed by atoms with Gasteiger partial charge >= 0.3 is 0 Å². The van der Waals surface area contributed by atoms with Gasteiger partial charge in [-0.25, -0.2) is 0 Å². The standard InChI is InChI=1S/C13H20N2O2/c14-11-3-1-4-12(9-11)17-8-6-15-10-13-5-2-7-16-13/h1,3-4,9,13,15H,2,5-8,10,14H2. The van der Waals surface area contributed by atoms with Crippen molar-refractivity contribution in [1.82, 2.24) is 5.32 Å². The highest BCUT2D eigenvalue weighted by Gasteiger charge is 2.14. The normalized spacial score (nSPS) is 19.4. The highest BCUT2D eigenvalue weighted by molar-refractivity contribution is 5.43. The molecule has 0 bridgehead atoms. The summed E-state index contributed by atoms with van der Waals surface area (Å²) in [5.74, 6) is 0.823. The molecule has 0 amide bonds. The van der Waals surface area contributed by atoms with Gasteiger partial charge in [0.25, 0.3) is 0 Å². The fourth-order valence-electron chi connectivity index (χ4n) is 1.91. The Morgan fingerprint density at radius 3 is 3.18 bits per heavy atom. The maximum absolute atomic E-state index is 5.66. The van der Waals surface area contributed by atoms with Gasteiger partial charge in [-0.05, 0) is 25.0 Å². The minimum atomic E-state index is 0.391. The van der Waals surface area contributed by atoms with Gasteiger partial charge in [-0.1, -0.05) is 6.07 Å². The molecule has 0 aliphatic carbocycles. The molecule has 0 spiro atoms. The minimum Gasteiger partial charge on any atom is -0.492 e. The topological polar surface area (TPSA) is 56.5 Å². The van der Waals surface area contributed by atoms with Crippen LogP contribution < -0.4 is 15.8 Å². The highest BCUT2D eigenvalue weighted by Crippen LogP contribution is 2.14. The molecule has 94 valence electrons. The van der Waals surface area contributed by atoms with Crippen molar-refractivity contribution in [3.8, 4) is 5.75 Å². The molecular formula is C13H20N2O2. The Labute approximate surface area is 102 Å². The van der Waals surface area contributed by atoms with E-state index >= 15 is 0 Å². The fraction of sp³-hybridized carbons (Fsp3) is 0.538. The highest BCUT2D eigenvalue weighted by atomic mass is 16.5. The molecule has 1 aromatic rings. The Hall–Kier alpha value is -1.26. The van der Waals surface area contributed by atoms with E-state index in [1.807, 2.05) is 24.3 Å². The maximum atomic E-state index is 5.66. The number of nitrogens with one attached hydrogen (secondary N) is 1. The summed E-state index contributed by atoms with van der Waals surface area (Å²) in [5, 5.41) is 3.33. The minimum absolute atomic E-state index is 0.391. The molecule has 0 saturated carbocycles. The van der Waals surface area contributed by atoms with Gasteiger partial charge in [-0.3, -0.25) is 0 Å². The van der Waals surface area contributed by atoms with Gasteiger partial charge in [0.05, 0.1) is 6.10 Å². The van der Waals surface area contributed by atoms with Crippen LogP contribution in [0.15, 0.2) is 24.3 Å². The number of ether oxygens (including phenoxy) is 2. The number of nitrogens with two attached hydrogens (primary N) is 1. The van der Waals surface area contributed by atoms with Gasteiger partial charge in [0, 0.05) is 31.5 Å². The first kappa shape index (κ1) is 12.2. The number of nitrogen functional groups attached to an aromatic ring is 1. The van der Waals surface area contributed by atoms with Crippen LogP contribution in [0.4, 0.5) is 5.69 Å². The van der Waals surface area contributed by atoms with E-state index in [0.29, 0.717) is 12.7 Å². The Bertz CT molecular complexity index is 338. The molecule has 3 N–H and O–H groups in total. The van der Waals surface area contributed by atoms with Gasteiger partial charge in [0.15, 0.2) is 0 Å². The lowest BCUT2D eigenvalue weighted by atomic mass is 10.2. The number of hydrogen-bond donors (Lipinski definition) is 2. The van der Waals surface area contributed by atoms with Crippen LogP contribution in [-0.4, -0.2) is 32.4 Å². The summed E-state index contributed by atoms with van der Waals surface area (Å²) >= 11 is 0. The summed E-state index contributed by atoms with van der Waals surface area (Å²) in [6.45, 7) is 3.30. The van der Waals surface area contributed by atoms with Crippen LogP contribution in [0, 0.1) is 0 Å². The van der Waals surface area contributed by atoms with Crippen molar-refractivity contribution in [2.24, 2.45) is 0 Å². The quantitative estimate of drug-likeness (QED) is 0.579. The van der Waals surface area contributed by atoms with Crippen LogP contribution >= 0.6 is 0 Å². The van der Waals surface area contributed by atoms with Crippen molar-refractivity contribution >= 4 is 5.69 Å². The Kier molecular flexibility index (Phi) is 4.64. The van der Waals surface area contributed by atoms with Gasteiger partial charge in [0.1, 0.15) is 12.4 Å². The molecule has 0 radical (unpaired) electrons. The van der Waals surface area contributed by atoms with E-state index in [0.717, 1.165) is 31.1 Å². The average Bonchev–Trinajstić information content (AvgIpc) is 2.82. The maximum Gasteiger partial charge on any atom is 0.121 e. The van der Waals surface area contributed by atoms with Gasteiger partial charge < -0.3 is 20.5 Å². The molecule has 4 heteroatoms. The molecule has 0 aromatic heterocycles. The molecule has 4 nitrogen and oxygen atoms in total. The van der Waals surface area contributed by atoms with E-state index in [4.69, 9.17) is 15.2 Å². The largest absolute Gasteiger partial charge is 0.492 e. The van der Waals surface area contributed by atoms with E-state index in [-0.39, 0.29) is 0 Å². The second-order valence-electron chi connectivity index (χ2n) is 4.26. The van der Waals surface area contributed by atoms with Crippen molar-refractivity contribution < 1.29 is 9.47 Å². The summed E-state index contributed by atoms with van der Waals surface area (Å²) in [6.07, 6.45) is 2.75. The molecule has 1 aliphatic rings. The zero-order valence-corrected chi connectivity index (χ0v) is 10.0.